The van der Waals surface area contributed by atoms with Crippen LogP contribution in [0.3, 0.4) is 0 Å². The number of hydrogen-bond donors (Lipinski definition) is 1. The van der Waals surface area contributed by atoms with Crippen LogP contribution in [-0.2, 0) is 0 Å². The van der Waals surface area contributed by atoms with Crippen molar-refractivity contribution in [1.82, 2.24) is 4.90 Å². The number of amides is 2. The van der Waals surface area contributed by atoms with E-state index in [0.717, 1.165) is 43.2 Å². The third-order valence-electron chi connectivity index (χ3n) is 3.81. The number of hydrogen-bond acceptors (Lipinski definition) is 2. The van der Waals surface area contributed by atoms with E-state index in [1.807, 2.05) is 41.0 Å². The van der Waals surface area contributed by atoms with E-state index in [9.17, 15) is 4.79 Å². The van der Waals surface area contributed by atoms with E-state index in [0.29, 0.717) is 6.54 Å². The largest absolute Gasteiger partial charge is 0.399 e. The lowest BCUT2D eigenvalue weighted by molar-refractivity contribution is 0.180. The summed E-state index contributed by atoms with van der Waals surface area (Å²) < 4.78 is 0. The molecule has 2 amide bonds. The second-order valence-electron chi connectivity index (χ2n) is 5.29. The van der Waals surface area contributed by atoms with Crippen LogP contribution in [-0.4, -0.2) is 30.6 Å². The maximum absolute atomic E-state index is 12.5. The average Bonchev–Trinajstić information content (AvgIpc) is 2.42. The van der Waals surface area contributed by atoms with Crippen LogP contribution in [0.2, 0.25) is 0 Å². The predicted molar refractivity (Wildman–Crippen MR) is 79.2 cm³/mol. The average molecular weight is 261 g/mol. The Kier molecular flexibility index (Phi) is 4.30. The molecular formula is C15H23N3O. The first kappa shape index (κ1) is 13.7. The van der Waals surface area contributed by atoms with Crippen molar-refractivity contribution in [2.75, 3.05) is 30.3 Å². The highest BCUT2D eigenvalue weighted by Gasteiger charge is 2.24. The fourth-order valence-electron chi connectivity index (χ4n) is 2.45. The zero-order chi connectivity index (χ0) is 13.8. The van der Waals surface area contributed by atoms with E-state index in [-0.39, 0.29) is 6.03 Å². The highest BCUT2D eigenvalue weighted by atomic mass is 16.2. The van der Waals surface area contributed by atoms with E-state index < -0.39 is 0 Å². The van der Waals surface area contributed by atoms with Crippen LogP contribution in [0.15, 0.2) is 24.3 Å². The van der Waals surface area contributed by atoms with Gasteiger partial charge in [0.2, 0.25) is 0 Å². The number of rotatable bonds is 2. The molecule has 2 N–H and O–H groups in total. The van der Waals surface area contributed by atoms with Gasteiger partial charge < -0.3 is 10.6 Å². The maximum atomic E-state index is 12.5. The van der Waals surface area contributed by atoms with E-state index in [1.54, 1.807) is 0 Å². The molecule has 1 fully saturated rings. The Morgan fingerprint density at radius 1 is 1.32 bits per heavy atom. The fraction of sp³-hybridized carbons (Fsp3) is 0.533. The summed E-state index contributed by atoms with van der Waals surface area (Å²) in [4.78, 5) is 16.3. The Balaban J connectivity index is 2.08. The van der Waals surface area contributed by atoms with Crippen molar-refractivity contribution in [2.24, 2.45) is 5.92 Å². The summed E-state index contributed by atoms with van der Waals surface area (Å²) in [6.45, 7) is 6.66. The van der Waals surface area contributed by atoms with Gasteiger partial charge in [0.05, 0.1) is 0 Å². The van der Waals surface area contributed by atoms with Crippen LogP contribution in [0.5, 0.6) is 0 Å². The van der Waals surface area contributed by atoms with Crippen molar-refractivity contribution < 1.29 is 4.79 Å². The first-order chi connectivity index (χ1) is 9.11. The van der Waals surface area contributed by atoms with Gasteiger partial charge in [-0.05, 0) is 49.9 Å². The van der Waals surface area contributed by atoms with Crippen molar-refractivity contribution >= 4 is 17.4 Å². The van der Waals surface area contributed by atoms with Crippen LogP contribution >= 0.6 is 0 Å². The molecule has 1 aromatic carbocycles. The number of likely N-dealkylation sites (tertiary alicyclic amines) is 1. The summed E-state index contributed by atoms with van der Waals surface area (Å²) in [5, 5.41) is 0. The molecule has 1 aromatic rings. The van der Waals surface area contributed by atoms with E-state index in [2.05, 4.69) is 6.92 Å². The summed E-state index contributed by atoms with van der Waals surface area (Å²) in [7, 11) is 0. The van der Waals surface area contributed by atoms with Gasteiger partial charge in [0.25, 0.3) is 0 Å². The quantitative estimate of drug-likeness (QED) is 0.832. The van der Waals surface area contributed by atoms with Gasteiger partial charge in [-0.1, -0.05) is 6.92 Å². The minimum atomic E-state index is 0.110. The molecule has 0 spiro atoms. The van der Waals surface area contributed by atoms with Crippen molar-refractivity contribution in [3.63, 3.8) is 0 Å². The Morgan fingerprint density at radius 3 is 2.42 bits per heavy atom. The van der Waals surface area contributed by atoms with Crippen LogP contribution in [0.4, 0.5) is 16.2 Å². The Morgan fingerprint density at radius 2 is 1.89 bits per heavy atom. The fourth-order valence-corrected chi connectivity index (χ4v) is 2.45. The van der Waals surface area contributed by atoms with Crippen molar-refractivity contribution in [1.29, 1.82) is 0 Å². The standard InChI is InChI=1S/C15H23N3O/c1-3-18(14-6-4-13(16)5-7-14)15(19)17-10-8-12(2)9-11-17/h4-7,12H,3,8-11,16H2,1-2H3. The van der Waals surface area contributed by atoms with E-state index in [1.165, 1.54) is 0 Å². The number of nitrogens with two attached hydrogens (primary N) is 1. The topological polar surface area (TPSA) is 49.6 Å². The third-order valence-corrected chi connectivity index (χ3v) is 3.81. The van der Waals surface area contributed by atoms with Crippen molar-refractivity contribution in [3.8, 4) is 0 Å². The van der Waals surface area contributed by atoms with Gasteiger partial charge in [-0.2, -0.15) is 0 Å². The molecule has 0 atom stereocenters. The molecule has 0 unspecified atom stereocenters. The predicted octanol–water partition coefficient (Wildman–Crippen LogP) is 2.95. The molecule has 1 heterocycles. The number of urea groups is 1. The second-order valence-corrected chi connectivity index (χ2v) is 5.29. The van der Waals surface area contributed by atoms with E-state index >= 15 is 0 Å². The monoisotopic (exact) mass is 261 g/mol. The molecule has 4 nitrogen and oxygen atoms in total. The van der Waals surface area contributed by atoms with Gasteiger partial charge in [-0.15, -0.1) is 0 Å². The van der Waals surface area contributed by atoms with Crippen LogP contribution < -0.4 is 10.6 Å². The van der Waals surface area contributed by atoms with Crippen LogP contribution in [0.1, 0.15) is 26.7 Å². The highest BCUT2D eigenvalue weighted by Crippen LogP contribution is 2.21. The van der Waals surface area contributed by atoms with Gasteiger partial charge in [0.15, 0.2) is 0 Å². The smallest absolute Gasteiger partial charge is 0.324 e. The highest BCUT2D eigenvalue weighted by molar-refractivity contribution is 5.92. The first-order valence-electron chi connectivity index (χ1n) is 7.03. The maximum Gasteiger partial charge on any atom is 0.324 e. The van der Waals surface area contributed by atoms with Crippen LogP contribution in [0.25, 0.3) is 0 Å². The van der Waals surface area contributed by atoms with Crippen molar-refractivity contribution in [3.05, 3.63) is 24.3 Å². The summed E-state index contributed by atoms with van der Waals surface area (Å²) in [6.07, 6.45) is 2.20. The number of nitrogen functional groups attached to an aromatic ring is 1. The van der Waals surface area contributed by atoms with Gasteiger partial charge in [0, 0.05) is 31.0 Å². The van der Waals surface area contributed by atoms with Crippen LogP contribution in [0, 0.1) is 5.92 Å². The molecule has 0 aliphatic carbocycles. The number of anilines is 2. The normalized spacial score (nSPS) is 16.4. The molecule has 1 aliphatic rings. The van der Waals surface area contributed by atoms with Gasteiger partial charge in [-0.3, -0.25) is 4.90 Å². The molecule has 2 rings (SSSR count). The summed E-state index contributed by atoms with van der Waals surface area (Å²) in [5.74, 6) is 0.732. The number of piperidine rings is 1. The number of benzene rings is 1. The molecule has 1 saturated heterocycles. The number of nitrogens with zero attached hydrogens (tertiary/aromatic N) is 2. The lowest BCUT2D eigenvalue weighted by Crippen LogP contribution is -2.46. The summed E-state index contributed by atoms with van der Waals surface area (Å²) in [6, 6.07) is 7.60. The van der Waals surface area contributed by atoms with Gasteiger partial charge >= 0.3 is 6.03 Å². The Labute approximate surface area is 115 Å². The molecule has 19 heavy (non-hydrogen) atoms. The molecule has 104 valence electrons. The number of carbonyl (C=O) groups is 1. The lowest BCUT2D eigenvalue weighted by atomic mass is 9.99. The zero-order valence-corrected chi connectivity index (χ0v) is 11.8. The first-order valence-corrected chi connectivity index (χ1v) is 7.03. The zero-order valence-electron chi connectivity index (χ0n) is 11.8. The third kappa shape index (κ3) is 3.19. The number of carbonyl (C=O) groups excluding carboxylic acids is 1. The van der Waals surface area contributed by atoms with Crippen molar-refractivity contribution in [2.45, 2.75) is 26.7 Å². The summed E-state index contributed by atoms with van der Waals surface area (Å²) >= 11 is 0. The molecule has 0 radical (unpaired) electrons. The summed E-state index contributed by atoms with van der Waals surface area (Å²) in [5.41, 5.74) is 7.33. The Hall–Kier alpha value is -1.71. The Bertz CT molecular complexity index is 422. The minimum absolute atomic E-state index is 0.110. The van der Waals surface area contributed by atoms with Gasteiger partial charge in [0.1, 0.15) is 0 Å². The molecule has 4 heteroatoms. The van der Waals surface area contributed by atoms with Gasteiger partial charge in [-0.25, -0.2) is 4.79 Å². The molecular weight excluding hydrogens is 238 g/mol. The molecule has 1 aliphatic heterocycles. The minimum Gasteiger partial charge on any atom is -0.399 e. The van der Waals surface area contributed by atoms with E-state index in [4.69, 9.17) is 5.73 Å². The SMILES string of the molecule is CCN(C(=O)N1CCC(C)CC1)c1ccc(N)cc1. The second kappa shape index (κ2) is 5.95. The molecule has 0 saturated carbocycles. The molecule has 0 aromatic heterocycles. The molecule has 0 bridgehead atoms. The lowest BCUT2D eigenvalue weighted by Gasteiger charge is -2.34.